The monoisotopic (exact) mass is 322 g/mol. The maximum Gasteiger partial charge on any atom is 0.318 e. The molecular weight excluding hydrogens is 292 g/mol. The van der Waals surface area contributed by atoms with Gasteiger partial charge in [-0.15, -0.1) is 0 Å². The smallest absolute Gasteiger partial charge is 0.318 e. The van der Waals surface area contributed by atoms with Crippen LogP contribution in [0.5, 0.6) is 0 Å². The van der Waals surface area contributed by atoms with Crippen LogP contribution in [-0.2, 0) is 4.74 Å². The number of amides is 2. The van der Waals surface area contributed by atoms with Gasteiger partial charge in [0.25, 0.3) is 0 Å². The average Bonchev–Trinajstić information content (AvgIpc) is 3.04. The molecule has 1 aliphatic rings. The second kappa shape index (κ2) is 6.91. The number of hydrogen-bond donors (Lipinski definition) is 2. The number of ether oxygens (including phenoxy) is 1. The van der Waals surface area contributed by atoms with Crippen LogP contribution < -0.4 is 5.32 Å². The number of methoxy groups -OCH3 is 1. The van der Waals surface area contributed by atoms with E-state index >= 15 is 0 Å². The maximum absolute atomic E-state index is 12.6. The summed E-state index contributed by atoms with van der Waals surface area (Å²) in [6, 6.07) is 0.100. The van der Waals surface area contributed by atoms with Crippen LogP contribution in [-0.4, -0.2) is 47.4 Å². The highest BCUT2D eigenvalue weighted by Gasteiger charge is 2.33. The Morgan fingerprint density at radius 3 is 2.70 bits per heavy atom. The summed E-state index contributed by atoms with van der Waals surface area (Å²) in [6.45, 7) is 11.7. The molecule has 0 saturated carbocycles. The second-order valence-corrected chi connectivity index (χ2v) is 7.48. The molecule has 1 aliphatic heterocycles. The molecule has 0 aromatic carbocycles. The molecule has 1 saturated heterocycles. The fourth-order valence-corrected chi connectivity index (χ4v) is 3.39. The number of nitrogens with zero attached hydrogens (tertiary/aromatic N) is 2. The fourth-order valence-electron chi connectivity index (χ4n) is 3.39. The summed E-state index contributed by atoms with van der Waals surface area (Å²) in [7, 11) is 1.69. The number of rotatable bonds is 4. The molecule has 130 valence electrons. The number of aromatic nitrogens is 2. The van der Waals surface area contributed by atoms with Crippen LogP contribution in [0.25, 0.3) is 0 Å². The van der Waals surface area contributed by atoms with Gasteiger partial charge >= 0.3 is 6.03 Å². The minimum atomic E-state index is -0.0150. The number of carbonyl (C=O) groups excluding carboxylic acids is 1. The van der Waals surface area contributed by atoms with Crippen LogP contribution in [0.1, 0.15) is 56.6 Å². The zero-order chi connectivity index (χ0) is 17.2. The van der Waals surface area contributed by atoms with E-state index < -0.39 is 0 Å². The zero-order valence-corrected chi connectivity index (χ0v) is 15.2. The van der Waals surface area contributed by atoms with Crippen molar-refractivity contribution in [1.29, 1.82) is 0 Å². The number of urea groups is 1. The predicted molar refractivity (Wildman–Crippen MR) is 90.4 cm³/mol. The van der Waals surface area contributed by atoms with Crippen LogP contribution in [0.4, 0.5) is 4.79 Å². The lowest BCUT2D eigenvalue weighted by Gasteiger charge is -2.31. The van der Waals surface area contributed by atoms with Crippen molar-refractivity contribution in [1.82, 2.24) is 20.4 Å². The SMILES string of the molecule is CO[C@@H](CNC(=O)N1CCC[C@H]1c1c(C)n[nH]c1C)C(C)(C)C. The lowest BCUT2D eigenvalue weighted by Crippen LogP contribution is -2.46. The quantitative estimate of drug-likeness (QED) is 0.895. The van der Waals surface area contributed by atoms with Gasteiger partial charge in [-0.2, -0.15) is 5.10 Å². The van der Waals surface area contributed by atoms with E-state index in [1.807, 2.05) is 18.7 Å². The van der Waals surface area contributed by atoms with Gasteiger partial charge < -0.3 is 15.0 Å². The highest BCUT2D eigenvalue weighted by molar-refractivity contribution is 5.75. The number of likely N-dealkylation sites (tertiary alicyclic amines) is 1. The first kappa shape index (κ1) is 17.8. The van der Waals surface area contributed by atoms with E-state index in [0.717, 1.165) is 36.3 Å². The van der Waals surface area contributed by atoms with Crippen molar-refractivity contribution in [2.75, 3.05) is 20.2 Å². The van der Waals surface area contributed by atoms with Crippen LogP contribution in [0, 0.1) is 19.3 Å². The van der Waals surface area contributed by atoms with E-state index in [4.69, 9.17) is 4.74 Å². The number of H-pyrrole nitrogens is 1. The molecule has 1 aromatic heterocycles. The van der Waals surface area contributed by atoms with Gasteiger partial charge in [0.1, 0.15) is 0 Å². The van der Waals surface area contributed by atoms with Gasteiger partial charge in [-0.3, -0.25) is 5.10 Å². The first-order valence-corrected chi connectivity index (χ1v) is 8.34. The highest BCUT2D eigenvalue weighted by atomic mass is 16.5. The van der Waals surface area contributed by atoms with Crippen LogP contribution in [0.3, 0.4) is 0 Å². The number of aromatic amines is 1. The molecule has 1 fully saturated rings. The summed E-state index contributed by atoms with van der Waals surface area (Å²) in [5.74, 6) is 0. The molecule has 2 N–H and O–H groups in total. The molecule has 6 nitrogen and oxygen atoms in total. The second-order valence-electron chi connectivity index (χ2n) is 7.48. The van der Waals surface area contributed by atoms with Gasteiger partial charge in [-0.25, -0.2) is 4.79 Å². The molecule has 2 rings (SSSR count). The third-order valence-corrected chi connectivity index (χ3v) is 4.72. The van der Waals surface area contributed by atoms with Crippen molar-refractivity contribution in [2.24, 2.45) is 5.41 Å². The Balaban J connectivity index is 2.04. The molecule has 0 spiro atoms. The molecule has 6 heteroatoms. The Morgan fingerprint density at radius 1 is 1.48 bits per heavy atom. The topological polar surface area (TPSA) is 70.2 Å². The largest absolute Gasteiger partial charge is 0.379 e. The van der Waals surface area contributed by atoms with E-state index in [1.54, 1.807) is 7.11 Å². The van der Waals surface area contributed by atoms with Gasteiger partial charge in [0, 0.05) is 31.5 Å². The van der Waals surface area contributed by atoms with Crippen LogP contribution in [0.15, 0.2) is 0 Å². The van der Waals surface area contributed by atoms with Crippen molar-refractivity contribution in [3.8, 4) is 0 Å². The third kappa shape index (κ3) is 3.86. The molecule has 0 radical (unpaired) electrons. The van der Waals surface area contributed by atoms with E-state index in [-0.39, 0.29) is 23.6 Å². The normalized spacial score (nSPS) is 19.9. The van der Waals surface area contributed by atoms with Crippen molar-refractivity contribution in [3.63, 3.8) is 0 Å². The van der Waals surface area contributed by atoms with Crippen molar-refractivity contribution < 1.29 is 9.53 Å². The lowest BCUT2D eigenvalue weighted by atomic mass is 9.89. The minimum Gasteiger partial charge on any atom is -0.379 e. The Hall–Kier alpha value is -1.56. The standard InChI is InChI=1S/C17H30N4O2/c1-11-15(12(2)20-19-11)13-8-7-9-21(13)16(22)18-10-14(23-6)17(3,4)5/h13-14H,7-10H2,1-6H3,(H,18,22)(H,19,20)/t13-,14-/m0/s1. The number of carbonyl (C=O) groups is 1. The molecule has 0 bridgehead atoms. The summed E-state index contributed by atoms with van der Waals surface area (Å²) < 4.78 is 5.52. The van der Waals surface area contributed by atoms with Crippen LogP contribution >= 0.6 is 0 Å². The zero-order valence-electron chi connectivity index (χ0n) is 15.2. The molecule has 2 heterocycles. The summed E-state index contributed by atoms with van der Waals surface area (Å²) in [5, 5.41) is 10.3. The Labute approximate surface area is 139 Å². The summed E-state index contributed by atoms with van der Waals surface area (Å²) in [5.41, 5.74) is 3.19. The fraction of sp³-hybridized carbons (Fsp3) is 0.765. The lowest BCUT2D eigenvalue weighted by molar-refractivity contribution is 0.0184. The number of nitrogens with one attached hydrogen (secondary N) is 2. The third-order valence-electron chi connectivity index (χ3n) is 4.72. The van der Waals surface area contributed by atoms with Gasteiger partial charge in [0.15, 0.2) is 0 Å². The van der Waals surface area contributed by atoms with Gasteiger partial charge in [-0.05, 0) is 32.1 Å². The van der Waals surface area contributed by atoms with Gasteiger partial charge in [0.05, 0.1) is 17.8 Å². The maximum atomic E-state index is 12.6. The highest BCUT2D eigenvalue weighted by Crippen LogP contribution is 2.34. The van der Waals surface area contributed by atoms with E-state index in [0.29, 0.717) is 6.54 Å². The molecular formula is C17H30N4O2. The molecule has 0 aliphatic carbocycles. The predicted octanol–water partition coefficient (Wildman–Crippen LogP) is 2.93. The first-order valence-electron chi connectivity index (χ1n) is 8.34. The van der Waals surface area contributed by atoms with Crippen LogP contribution in [0.2, 0.25) is 0 Å². The average molecular weight is 322 g/mol. The number of hydrogen-bond acceptors (Lipinski definition) is 3. The first-order chi connectivity index (χ1) is 10.8. The molecule has 2 atom stereocenters. The van der Waals surface area contributed by atoms with Crippen molar-refractivity contribution in [3.05, 3.63) is 17.0 Å². The summed E-state index contributed by atoms with van der Waals surface area (Å²) in [6.07, 6.45) is 2.00. The summed E-state index contributed by atoms with van der Waals surface area (Å²) >= 11 is 0. The van der Waals surface area contributed by atoms with Crippen molar-refractivity contribution >= 4 is 6.03 Å². The van der Waals surface area contributed by atoms with E-state index in [1.165, 1.54) is 0 Å². The summed E-state index contributed by atoms with van der Waals surface area (Å²) in [4.78, 5) is 14.6. The molecule has 2 amide bonds. The molecule has 23 heavy (non-hydrogen) atoms. The van der Waals surface area contributed by atoms with Gasteiger partial charge in [0.2, 0.25) is 0 Å². The Kier molecular flexibility index (Phi) is 5.34. The minimum absolute atomic E-state index is 0.00935. The number of aryl methyl sites for hydroxylation is 2. The molecule has 1 aromatic rings. The molecule has 0 unspecified atom stereocenters. The van der Waals surface area contributed by atoms with E-state index in [2.05, 4.69) is 36.3 Å². The Morgan fingerprint density at radius 2 is 2.17 bits per heavy atom. The van der Waals surface area contributed by atoms with Gasteiger partial charge in [-0.1, -0.05) is 20.8 Å². The van der Waals surface area contributed by atoms with E-state index in [9.17, 15) is 4.79 Å². The van der Waals surface area contributed by atoms with Crippen molar-refractivity contribution in [2.45, 2.75) is 59.6 Å². The Bertz CT molecular complexity index is 528.